The Morgan fingerprint density at radius 2 is 1.83 bits per heavy atom. The van der Waals surface area contributed by atoms with Gasteiger partial charge < -0.3 is 4.90 Å². The van der Waals surface area contributed by atoms with E-state index in [0.717, 1.165) is 24.9 Å². The molecule has 126 valence electrons. The zero-order valence-corrected chi connectivity index (χ0v) is 14.7. The summed E-state index contributed by atoms with van der Waals surface area (Å²) in [6.07, 6.45) is 1.93. The maximum absolute atomic E-state index is 12.8. The second kappa shape index (κ2) is 6.75. The lowest BCUT2D eigenvalue weighted by Gasteiger charge is -2.09. The molecule has 0 amide bonds. The van der Waals surface area contributed by atoms with Gasteiger partial charge in [-0.15, -0.1) is 0 Å². The highest BCUT2D eigenvalue weighted by Crippen LogP contribution is 2.27. The Kier molecular flexibility index (Phi) is 4.69. The van der Waals surface area contributed by atoms with Gasteiger partial charge in [-0.1, -0.05) is 24.3 Å². The Morgan fingerprint density at radius 1 is 1.08 bits per heavy atom. The van der Waals surface area contributed by atoms with Crippen LogP contribution in [0.5, 0.6) is 0 Å². The van der Waals surface area contributed by atoms with Crippen molar-refractivity contribution >= 4 is 20.7 Å². The normalized spacial score (nSPS) is 12.1. The van der Waals surface area contributed by atoms with E-state index in [0.29, 0.717) is 10.9 Å². The van der Waals surface area contributed by atoms with Crippen molar-refractivity contribution in [1.29, 1.82) is 0 Å². The lowest BCUT2D eigenvalue weighted by molar-refractivity contribution is 0.400. The molecule has 0 radical (unpaired) electrons. The van der Waals surface area contributed by atoms with E-state index in [4.69, 9.17) is 0 Å². The minimum atomic E-state index is -3.60. The summed E-state index contributed by atoms with van der Waals surface area (Å²) in [5.74, 6) is 0. The van der Waals surface area contributed by atoms with Crippen LogP contribution in [0.4, 0.5) is 0 Å². The first kappa shape index (κ1) is 16.7. The molecule has 0 fully saturated rings. The summed E-state index contributed by atoms with van der Waals surface area (Å²) in [6.45, 7) is 0.999. The Hall–Kier alpha value is -2.18. The SMILES string of the molecule is CN(C)CCCc1ccc2n[nH]c(S(=O)(=O)c3ccccc3)c2c1. The Balaban J connectivity index is 1.97. The first-order valence-corrected chi connectivity index (χ1v) is 9.38. The van der Waals surface area contributed by atoms with Crippen molar-refractivity contribution in [1.82, 2.24) is 15.1 Å². The molecule has 0 aliphatic heterocycles. The van der Waals surface area contributed by atoms with Crippen molar-refractivity contribution < 1.29 is 8.42 Å². The Bertz CT molecular complexity index is 931. The van der Waals surface area contributed by atoms with Crippen LogP contribution >= 0.6 is 0 Å². The highest BCUT2D eigenvalue weighted by molar-refractivity contribution is 7.91. The van der Waals surface area contributed by atoms with Crippen LogP contribution in [0.1, 0.15) is 12.0 Å². The van der Waals surface area contributed by atoms with Gasteiger partial charge in [0.15, 0.2) is 5.03 Å². The molecule has 0 aliphatic carbocycles. The molecule has 0 unspecified atom stereocenters. The van der Waals surface area contributed by atoms with Crippen molar-refractivity contribution in [3.05, 3.63) is 54.1 Å². The number of hydrogen-bond donors (Lipinski definition) is 1. The number of benzene rings is 2. The Morgan fingerprint density at radius 3 is 2.54 bits per heavy atom. The van der Waals surface area contributed by atoms with E-state index in [-0.39, 0.29) is 9.92 Å². The van der Waals surface area contributed by atoms with Crippen molar-refractivity contribution in [2.75, 3.05) is 20.6 Å². The summed E-state index contributed by atoms with van der Waals surface area (Å²) in [5, 5.41) is 7.67. The van der Waals surface area contributed by atoms with E-state index in [1.165, 1.54) is 0 Å². The monoisotopic (exact) mass is 343 g/mol. The molecule has 0 saturated heterocycles. The number of sulfone groups is 1. The zero-order valence-electron chi connectivity index (χ0n) is 13.9. The molecule has 3 aromatic rings. The van der Waals surface area contributed by atoms with Crippen LogP contribution in [0.2, 0.25) is 0 Å². The molecule has 0 saturated carbocycles. The van der Waals surface area contributed by atoms with E-state index in [9.17, 15) is 8.42 Å². The van der Waals surface area contributed by atoms with Crippen LogP contribution in [0, 0.1) is 0 Å². The van der Waals surface area contributed by atoms with Crippen LogP contribution in [0.25, 0.3) is 10.9 Å². The van der Waals surface area contributed by atoms with Gasteiger partial charge in [0.25, 0.3) is 0 Å². The van der Waals surface area contributed by atoms with Gasteiger partial charge >= 0.3 is 0 Å². The van der Waals surface area contributed by atoms with Crippen molar-refractivity contribution in [3.63, 3.8) is 0 Å². The summed E-state index contributed by atoms with van der Waals surface area (Å²) in [6, 6.07) is 14.3. The summed E-state index contributed by atoms with van der Waals surface area (Å²) >= 11 is 0. The molecule has 0 spiro atoms. The predicted octanol–water partition coefficient (Wildman–Crippen LogP) is 2.89. The van der Waals surface area contributed by atoms with Crippen LogP contribution in [-0.4, -0.2) is 44.2 Å². The van der Waals surface area contributed by atoms with Gasteiger partial charge in [-0.2, -0.15) is 5.10 Å². The van der Waals surface area contributed by atoms with Gasteiger partial charge in [0.2, 0.25) is 9.84 Å². The van der Waals surface area contributed by atoms with Crippen molar-refractivity contribution in [3.8, 4) is 0 Å². The maximum atomic E-state index is 12.8. The highest BCUT2D eigenvalue weighted by atomic mass is 32.2. The van der Waals surface area contributed by atoms with Crippen molar-refractivity contribution in [2.24, 2.45) is 0 Å². The highest BCUT2D eigenvalue weighted by Gasteiger charge is 2.22. The molecule has 0 aliphatic rings. The molecular weight excluding hydrogens is 322 g/mol. The fourth-order valence-electron chi connectivity index (χ4n) is 2.71. The molecule has 3 rings (SSSR count). The number of H-pyrrole nitrogens is 1. The second-order valence-corrected chi connectivity index (χ2v) is 8.01. The number of aromatic nitrogens is 2. The second-order valence-electron chi connectivity index (χ2n) is 6.13. The summed E-state index contributed by atoms with van der Waals surface area (Å²) < 4.78 is 25.7. The van der Waals surface area contributed by atoms with Gasteiger partial charge in [-0.05, 0) is 63.3 Å². The van der Waals surface area contributed by atoms with Crippen molar-refractivity contribution in [2.45, 2.75) is 22.8 Å². The average molecular weight is 343 g/mol. The topological polar surface area (TPSA) is 66.1 Å². The smallest absolute Gasteiger partial charge is 0.223 e. The van der Waals surface area contributed by atoms with Gasteiger partial charge in [-0.25, -0.2) is 8.42 Å². The van der Waals surface area contributed by atoms with Crippen LogP contribution in [0.15, 0.2) is 58.5 Å². The first-order chi connectivity index (χ1) is 11.5. The summed E-state index contributed by atoms with van der Waals surface area (Å²) in [7, 11) is 0.492. The third kappa shape index (κ3) is 3.34. The van der Waals surface area contributed by atoms with E-state index < -0.39 is 9.84 Å². The minimum Gasteiger partial charge on any atom is -0.309 e. The molecule has 1 aromatic heterocycles. The third-order valence-corrected chi connectivity index (χ3v) is 5.72. The molecular formula is C18H21N3O2S. The number of hydrogen-bond acceptors (Lipinski definition) is 4. The summed E-state index contributed by atoms with van der Waals surface area (Å²) in [5.41, 5.74) is 1.79. The number of aromatic amines is 1. The maximum Gasteiger partial charge on any atom is 0.223 e. The number of fused-ring (bicyclic) bond motifs is 1. The predicted molar refractivity (Wildman–Crippen MR) is 94.9 cm³/mol. The standard InChI is InChI=1S/C18H21N3O2S/c1-21(2)12-6-7-14-10-11-17-16(13-14)18(20-19-17)24(22,23)15-8-4-3-5-9-15/h3-5,8-11,13H,6-7,12H2,1-2H3,(H,19,20). The molecule has 0 bridgehead atoms. The minimum absolute atomic E-state index is 0.165. The molecule has 1 N–H and O–H groups in total. The van der Waals surface area contributed by atoms with Gasteiger partial charge in [0.05, 0.1) is 10.4 Å². The fraction of sp³-hybridized carbons (Fsp3) is 0.278. The molecule has 5 nitrogen and oxygen atoms in total. The van der Waals surface area contributed by atoms with E-state index in [2.05, 4.69) is 15.1 Å². The van der Waals surface area contributed by atoms with Crippen LogP contribution in [-0.2, 0) is 16.3 Å². The van der Waals surface area contributed by atoms with E-state index >= 15 is 0 Å². The van der Waals surface area contributed by atoms with Gasteiger partial charge in [0, 0.05) is 5.39 Å². The summed E-state index contributed by atoms with van der Waals surface area (Å²) in [4.78, 5) is 2.41. The van der Waals surface area contributed by atoms with Crippen LogP contribution in [0.3, 0.4) is 0 Å². The van der Waals surface area contributed by atoms with Crippen LogP contribution < -0.4 is 0 Å². The average Bonchev–Trinajstić information content (AvgIpc) is 2.99. The number of nitrogens with one attached hydrogen (secondary N) is 1. The third-order valence-electron chi connectivity index (χ3n) is 3.98. The number of nitrogens with zero attached hydrogens (tertiary/aromatic N) is 2. The zero-order chi connectivity index (χ0) is 17.2. The molecule has 24 heavy (non-hydrogen) atoms. The molecule has 0 atom stereocenters. The largest absolute Gasteiger partial charge is 0.309 e. The van der Waals surface area contributed by atoms with E-state index in [1.54, 1.807) is 30.3 Å². The molecule has 2 aromatic carbocycles. The lowest BCUT2D eigenvalue weighted by Crippen LogP contribution is -2.13. The van der Waals surface area contributed by atoms with Gasteiger partial charge in [0.1, 0.15) is 0 Å². The Labute approximate surface area is 142 Å². The van der Waals surface area contributed by atoms with Gasteiger partial charge in [-0.3, -0.25) is 5.10 Å². The van der Waals surface area contributed by atoms with E-state index in [1.807, 2.05) is 32.3 Å². The number of aryl methyl sites for hydroxylation is 1. The number of rotatable bonds is 6. The quantitative estimate of drug-likeness (QED) is 0.747. The lowest BCUT2D eigenvalue weighted by atomic mass is 10.1. The molecule has 1 heterocycles. The molecule has 6 heteroatoms. The first-order valence-electron chi connectivity index (χ1n) is 7.90. The fourth-order valence-corrected chi connectivity index (χ4v) is 4.08.